The van der Waals surface area contributed by atoms with E-state index in [1.165, 1.54) is 24.3 Å². The second-order valence-corrected chi connectivity index (χ2v) is 4.83. The van der Waals surface area contributed by atoms with Crippen molar-refractivity contribution in [3.8, 4) is 0 Å². The lowest BCUT2D eigenvalue weighted by molar-refractivity contribution is -0.691. The summed E-state index contributed by atoms with van der Waals surface area (Å²) >= 11 is 5.28. The topological polar surface area (TPSA) is 33.3 Å². The number of hydrogen-bond acceptors (Lipinski definition) is 3. The number of aromatic nitrogens is 1. The van der Waals surface area contributed by atoms with Gasteiger partial charge in [0, 0.05) is 24.2 Å². The number of pyridine rings is 1. The highest BCUT2D eigenvalue weighted by atomic mass is 32.1. The molecule has 0 amide bonds. The van der Waals surface area contributed by atoms with Crippen molar-refractivity contribution in [3.63, 3.8) is 0 Å². The summed E-state index contributed by atoms with van der Waals surface area (Å²) in [6, 6.07) is 10.3. The molecule has 0 radical (unpaired) electrons. The highest BCUT2D eigenvalue weighted by Crippen LogP contribution is 2.12. The number of carbonyl (C=O) groups excluding carboxylic acids is 1. The minimum absolute atomic E-state index is 0.201. The third kappa shape index (κ3) is 3.70. The van der Waals surface area contributed by atoms with Gasteiger partial charge in [-0.2, -0.15) is 4.57 Å². The van der Waals surface area contributed by atoms with Crippen LogP contribution in [0.3, 0.4) is 0 Å². The van der Waals surface area contributed by atoms with Crippen molar-refractivity contribution in [2.75, 3.05) is 6.54 Å². The van der Waals surface area contributed by atoms with Crippen molar-refractivity contribution in [2.45, 2.75) is 13.0 Å². The lowest BCUT2D eigenvalue weighted by atomic mass is 10.0. The monoisotopic (exact) mass is 302 g/mol. The van der Waals surface area contributed by atoms with E-state index in [1.54, 1.807) is 17.0 Å². The summed E-state index contributed by atoms with van der Waals surface area (Å²) in [5, 5.41) is 0.322. The van der Waals surface area contributed by atoms with Crippen molar-refractivity contribution < 1.29 is 13.8 Å². The summed E-state index contributed by atoms with van der Waals surface area (Å²) in [5.74, 6) is -0.579. The molecular formula is C16H15FN2OS. The van der Waals surface area contributed by atoms with Crippen LogP contribution in [0.4, 0.5) is 4.39 Å². The van der Waals surface area contributed by atoms with Crippen LogP contribution in [-0.2, 0) is 12.6 Å². The first-order chi connectivity index (χ1) is 10.1. The molecule has 1 heterocycles. The van der Waals surface area contributed by atoms with E-state index in [4.69, 9.17) is 12.6 Å². The third-order valence-electron chi connectivity index (χ3n) is 2.96. The van der Waals surface area contributed by atoms with Crippen LogP contribution in [0.15, 0.2) is 59.9 Å². The second-order valence-electron chi connectivity index (χ2n) is 4.41. The van der Waals surface area contributed by atoms with Crippen LogP contribution >= 0.6 is 0 Å². The fourth-order valence-corrected chi connectivity index (χ4v) is 2.33. The molecule has 1 atom stereocenters. The molecule has 0 bridgehead atoms. The molecule has 0 saturated carbocycles. The summed E-state index contributed by atoms with van der Waals surface area (Å²) in [6.07, 6.45) is 3.53. The molecule has 0 N–H and O–H groups in total. The molecule has 1 unspecified atom stereocenters. The van der Waals surface area contributed by atoms with E-state index in [2.05, 4.69) is 4.99 Å². The number of Topliss-reactive ketones (excluding diaryl/α,β-unsaturated/α-hetero) is 1. The van der Waals surface area contributed by atoms with Crippen molar-refractivity contribution in [1.82, 2.24) is 0 Å². The Morgan fingerprint density at radius 3 is 2.43 bits per heavy atom. The average Bonchev–Trinajstić information content (AvgIpc) is 2.49. The van der Waals surface area contributed by atoms with Gasteiger partial charge in [0.1, 0.15) is 5.82 Å². The van der Waals surface area contributed by atoms with Gasteiger partial charge in [-0.1, -0.05) is 6.07 Å². The summed E-state index contributed by atoms with van der Waals surface area (Å²) in [4.78, 5) is 16.9. The van der Waals surface area contributed by atoms with Gasteiger partial charge < -0.3 is 17.6 Å². The molecule has 2 aromatic rings. The Hall–Kier alpha value is -2.14. The van der Waals surface area contributed by atoms with Gasteiger partial charge in [0.05, 0.1) is 0 Å². The fourth-order valence-electron chi connectivity index (χ4n) is 1.97. The first-order valence-electron chi connectivity index (χ1n) is 6.60. The predicted octanol–water partition coefficient (Wildman–Crippen LogP) is 2.50. The van der Waals surface area contributed by atoms with E-state index in [-0.39, 0.29) is 11.6 Å². The molecule has 0 fully saturated rings. The molecule has 3 nitrogen and oxygen atoms in total. The van der Waals surface area contributed by atoms with Gasteiger partial charge in [-0.25, -0.2) is 4.39 Å². The number of aliphatic imine (C=N–C) groups is 1. The molecule has 0 aliphatic heterocycles. The van der Waals surface area contributed by atoms with E-state index < -0.39 is 6.04 Å². The van der Waals surface area contributed by atoms with Crippen molar-refractivity contribution >= 4 is 23.5 Å². The first kappa shape index (κ1) is 15.3. The van der Waals surface area contributed by atoms with E-state index >= 15 is 0 Å². The largest absolute Gasteiger partial charge is 0.758 e. The predicted molar refractivity (Wildman–Crippen MR) is 81.7 cm³/mol. The first-order valence-corrected chi connectivity index (χ1v) is 7.01. The van der Waals surface area contributed by atoms with E-state index in [0.717, 1.165) is 0 Å². The second kappa shape index (κ2) is 7.04. The van der Waals surface area contributed by atoms with Crippen LogP contribution in [-0.4, -0.2) is 17.4 Å². The van der Waals surface area contributed by atoms with Crippen LogP contribution < -0.4 is 4.57 Å². The molecule has 1 aromatic heterocycles. The van der Waals surface area contributed by atoms with Gasteiger partial charge in [-0.3, -0.25) is 4.79 Å². The molecule has 1 aromatic carbocycles. The molecule has 0 spiro atoms. The minimum Gasteiger partial charge on any atom is -0.758 e. The number of benzene rings is 1. The summed E-state index contributed by atoms with van der Waals surface area (Å²) in [5.41, 5.74) is 0.409. The molecule has 0 saturated heterocycles. The van der Waals surface area contributed by atoms with Crippen LogP contribution in [0.25, 0.3) is 0 Å². The number of halogens is 1. The Morgan fingerprint density at radius 1 is 1.24 bits per heavy atom. The highest BCUT2D eigenvalue weighted by molar-refractivity contribution is 7.77. The molecular weight excluding hydrogens is 287 g/mol. The van der Waals surface area contributed by atoms with Gasteiger partial charge in [0.25, 0.3) is 0 Å². The number of rotatable bonds is 5. The van der Waals surface area contributed by atoms with Gasteiger partial charge >= 0.3 is 0 Å². The van der Waals surface area contributed by atoms with E-state index in [0.29, 0.717) is 17.2 Å². The zero-order valence-electron chi connectivity index (χ0n) is 11.6. The van der Waals surface area contributed by atoms with Gasteiger partial charge in [0.2, 0.25) is 11.8 Å². The Balaban J connectivity index is 2.42. The Kier molecular flexibility index (Phi) is 5.11. The summed E-state index contributed by atoms with van der Waals surface area (Å²) in [7, 11) is 0. The summed E-state index contributed by atoms with van der Waals surface area (Å²) < 4.78 is 14.7. The van der Waals surface area contributed by atoms with Crippen molar-refractivity contribution in [2.24, 2.45) is 4.99 Å². The van der Waals surface area contributed by atoms with Crippen LogP contribution in [0.2, 0.25) is 0 Å². The standard InChI is InChI=1S/C16H15FN2OS/c1-2-18-16(21)14(19-10-4-3-5-11-19)15(20)12-6-8-13(17)9-7-12/h3-11,14H,2H2,1H3. The van der Waals surface area contributed by atoms with E-state index in [9.17, 15) is 9.18 Å². The zero-order chi connectivity index (χ0) is 15.2. The molecule has 0 aliphatic rings. The van der Waals surface area contributed by atoms with Gasteiger partial charge in [0.15, 0.2) is 12.4 Å². The maximum absolute atomic E-state index is 13.0. The molecule has 108 valence electrons. The van der Waals surface area contributed by atoms with Crippen molar-refractivity contribution in [3.05, 3.63) is 66.2 Å². The average molecular weight is 302 g/mol. The SMILES string of the molecule is CCN=C([S-])C(C(=O)c1ccc(F)cc1)[n+]1ccccc1. The molecule has 21 heavy (non-hydrogen) atoms. The van der Waals surface area contributed by atoms with Crippen LogP contribution in [0, 0.1) is 5.82 Å². The Labute approximate surface area is 128 Å². The molecule has 2 rings (SSSR count). The van der Waals surface area contributed by atoms with Crippen molar-refractivity contribution in [1.29, 1.82) is 0 Å². The van der Waals surface area contributed by atoms with Crippen LogP contribution in [0.5, 0.6) is 0 Å². The lowest BCUT2D eigenvalue weighted by Gasteiger charge is -2.18. The van der Waals surface area contributed by atoms with E-state index in [1.807, 2.05) is 25.1 Å². The smallest absolute Gasteiger partial charge is 0.237 e. The molecule has 5 heteroatoms. The number of nitrogens with zero attached hydrogens (tertiary/aromatic N) is 2. The lowest BCUT2D eigenvalue weighted by Crippen LogP contribution is -2.47. The van der Waals surface area contributed by atoms with Crippen LogP contribution in [0.1, 0.15) is 23.3 Å². The third-order valence-corrected chi connectivity index (χ3v) is 3.31. The highest BCUT2D eigenvalue weighted by Gasteiger charge is 2.27. The number of ketones is 1. The normalized spacial score (nSPS) is 13.0. The quantitative estimate of drug-likeness (QED) is 0.279. The fraction of sp³-hybridized carbons (Fsp3) is 0.188. The summed E-state index contributed by atoms with van der Waals surface area (Å²) in [6.45, 7) is 2.38. The maximum Gasteiger partial charge on any atom is 0.237 e. The number of hydrogen-bond donors (Lipinski definition) is 0. The number of carbonyl (C=O) groups is 1. The van der Waals surface area contributed by atoms with Gasteiger partial charge in [-0.15, -0.1) is 0 Å². The Bertz CT molecular complexity index is 641. The minimum atomic E-state index is -0.688. The molecule has 0 aliphatic carbocycles. The maximum atomic E-state index is 13.0. The zero-order valence-corrected chi connectivity index (χ0v) is 12.4. The van der Waals surface area contributed by atoms with Gasteiger partial charge in [-0.05, 0) is 36.2 Å². The Morgan fingerprint density at radius 2 is 1.86 bits per heavy atom.